The Bertz CT molecular complexity index is 1080. The van der Waals surface area contributed by atoms with Crippen LogP contribution in [0.3, 0.4) is 0 Å². The molecular weight excluding hydrogens is 366 g/mol. The molecule has 0 atom stereocenters. The molecule has 142 valence electrons. The van der Waals surface area contributed by atoms with Gasteiger partial charge in [0.05, 0.1) is 10.6 Å². The molecule has 4 rings (SSSR count). The molecule has 1 aromatic heterocycles. The third-order valence-corrected chi connectivity index (χ3v) is 5.76. The van der Waals surface area contributed by atoms with Crippen LogP contribution in [0.5, 0.6) is 0 Å². The summed E-state index contributed by atoms with van der Waals surface area (Å²) in [5.74, 6) is -0.101. The summed E-state index contributed by atoms with van der Waals surface area (Å²) in [4.78, 5) is 17.7. The van der Waals surface area contributed by atoms with Gasteiger partial charge in [-0.05, 0) is 54.4 Å². The first-order valence-corrected chi connectivity index (χ1v) is 10.4. The third-order valence-electron chi connectivity index (χ3n) is 4.85. The summed E-state index contributed by atoms with van der Waals surface area (Å²) in [6.45, 7) is 2.20. The average molecular weight is 390 g/mol. The van der Waals surface area contributed by atoms with Gasteiger partial charge in [0.25, 0.3) is 5.91 Å². The maximum atomic E-state index is 12.4. The van der Waals surface area contributed by atoms with E-state index in [2.05, 4.69) is 52.3 Å². The van der Waals surface area contributed by atoms with E-state index in [4.69, 9.17) is 0 Å². The lowest BCUT2D eigenvalue weighted by atomic mass is 10.1. The third kappa shape index (κ3) is 3.90. The van der Waals surface area contributed by atoms with Gasteiger partial charge in [0.15, 0.2) is 5.17 Å². The van der Waals surface area contributed by atoms with Crippen molar-refractivity contribution in [2.24, 2.45) is 12.0 Å². The first-order chi connectivity index (χ1) is 13.6. The lowest BCUT2D eigenvalue weighted by Gasteiger charge is -2.01. The van der Waals surface area contributed by atoms with Crippen molar-refractivity contribution < 1.29 is 4.79 Å². The number of hydrogen-bond acceptors (Lipinski definition) is 3. The number of amidine groups is 1. The molecule has 2 heterocycles. The molecule has 0 radical (unpaired) electrons. The molecule has 4 nitrogen and oxygen atoms in total. The molecule has 0 saturated carbocycles. The van der Waals surface area contributed by atoms with Crippen molar-refractivity contribution in [3.05, 3.63) is 70.8 Å². The Hall–Kier alpha value is -2.79. The van der Waals surface area contributed by atoms with Crippen molar-refractivity contribution in [3.8, 4) is 0 Å². The first kappa shape index (κ1) is 18.6. The molecule has 1 fully saturated rings. The van der Waals surface area contributed by atoms with E-state index in [1.54, 1.807) is 0 Å². The van der Waals surface area contributed by atoms with Crippen LogP contribution in [-0.2, 0) is 18.3 Å². The lowest BCUT2D eigenvalue weighted by Crippen LogP contribution is -2.19. The largest absolute Gasteiger partial charge is 0.350 e. The molecule has 2 aromatic carbocycles. The fraction of sp³-hybridized carbons (Fsp3) is 0.217. The highest BCUT2D eigenvalue weighted by atomic mass is 32.2. The van der Waals surface area contributed by atoms with Crippen LogP contribution in [-0.4, -0.2) is 15.6 Å². The van der Waals surface area contributed by atoms with Gasteiger partial charge in [-0.15, -0.1) is 0 Å². The van der Waals surface area contributed by atoms with E-state index in [1.165, 1.54) is 30.2 Å². The number of unbranched alkanes of at least 4 members (excludes halogenated alkanes) is 1. The van der Waals surface area contributed by atoms with E-state index in [0.29, 0.717) is 10.1 Å². The Morgan fingerprint density at radius 1 is 1.14 bits per heavy atom. The van der Waals surface area contributed by atoms with Crippen molar-refractivity contribution in [2.45, 2.75) is 26.2 Å². The summed E-state index contributed by atoms with van der Waals surface area (Å²) in [5, 5.41) is 4.64. The van der Waals surface area contributed by atoms with E-state index in [0.717, 1.165) is 28.6 Å². The molecule has 1 aliphatic rings. The fourth-order valence-corrected chi connectivity index (χ4v) is 4.18. The van der Waals surface area contributed by atoms with Gasteiger partial charge < -0.3 is 9.88 Å². The van der Waals surface area contributed by atoms with Gasteiger partial charge >= 0.3 is 0 Å². The van der Waals surface area contributed by atoms with E-state index in [-0.39, 0.29) is 5.91 Å². The number of thioether (sulfide) groups is 1. The summed E-state index contributed by atoms with van der Waals surface area (Å²) < 4.78 is 2.08. The zero-order valence-electron chi connectivity index (χ0n) is 16.1. The van der Waals surface area contributed by atoms with Crippen LogP contribution in [0.2, 0.25) is 0 Å². The minimum Gasteiger partial charge on any atom is -0.350 e. The monoisotopic (exact) mass is 389 g/mol. The number of rotatable bonds is 5. The molecule has 0 bridgehead atoms. The maximum absolute atomic E-state index is 12.4. The molecular formula is C23H23N3OS. The van der Waals surface area contributed by atoms with Gasteiger partial charge in [-0.2, -0.15) is 0 Å². The summed E-state index contributed by atoms with van der Waals surface area (Å²) >= 11 is 1.39. The van der Waals surface area contributed by atoms with Gasteiger partial charge in [-0.3, -0.25) is 4.79 Å². The number of fused-ring (bicyclic) bond motifs is 1. The van der Waals surface area contributed by atoms with E-state index in [9.17, 15) is 4.79 Å². The van der Waals surface area contributed by atoms with Crippen molar-refractivity contribution >= 4 is 45.5 Å². The number of aryl methyl sites for hydroxylation is 2. The Morgan fingerprint density at radius 3 is 2.71 bits per heavy atom. The first-order valence-electron chi connectivity index (χ1n) is 9.56. The van der Waals surface area contributed by atoms with Crippen LogP contribution in [0, 0.1) is 0 Å². The smallest absolute Gasteiger partial charge is 0.264 e. The highest BCUT2D eigenvalue weighted by Crippen LogP contribution is 2.30. The molecule has 0 spiro atoms. The second-order valence-corrected chi connectivity index (χ2v) is 7.99. The number of nitrogens with zero attached hydrogens (tertiary/aromatic N) is 2. The minimum atomic E-state index is -0.101. The normalized spacial score (nSPS) is 17.0. The topological polar surface area (TPSA) is 46.4 Å². The minimum absolute atomic E-state index is 0.101. The Labute approximate surface area is 169 Å². The predicted molar refractivity (Wildman–Crippen MR) is 119 cm³/mol. The summed E-state index contributed by atoms with van der Waals surface area (Å²) in [5.41, 5.74) is 4.37. The number of nitrogens with one attached hydrogen (secondary N) is 1. The standard InChI is InChI=1S/C23H23N3OS/c1-3-4-7-16-10-12-18(13-11-16)24-23-25-22(27)21(28-23)14-17-15-26(2)20-9-6-5-8-19(17)20/h5-6,8-15H,3-4,7H2,1-2H3,(H,24,25,27)/b21-14+. The molecule has 3 aromatic rings. The van der Waals surface area contributed by atoms with Gasteiger partial charge in [0, 0.05) is 29.7 Å². The zero-order chi connectivity index (χ0) is 19.5. The number of hydrogen-bond donors (Lipinski definition) is 1. The number of aromatic nitrogens is 1. The van der Waals surface area contributed by atoms with Gasteiger partial charge in [0.1, 0.15) is 0 Å². The summed E-state index contributed by atoms with van der Waals surface area (Å²) in [7, 11) is 2.02. The van der Waals surface area contributed by atoms with E-state index in [1.807, 2.05) is 37.4 Å². The second-order valence-electron chi connectivity index (χ2n) is 6.96. The zero-order valence-corrected chi connectivity index (χ0v) is 16.9. The molecule has 1 N–H and O–H groups in total. The van der Waals surface area contributed by atoms with Crippen molar-refractivity contribution in [1.29, 1.82) is 0 Å². The van der Waals surface area contributed by atoms with Crippen LogP contribution in [0.1, 0.15) is 30.9 Å². The van der Waals surface area contributed by atoms with Crippen LogP contribution < -0.4 is 5.32 Å². The van der Waals surface area contributed by atoms with Crippen LogP contribution in [0.15, 0.2) is 64.6 Å². The van der Waals surface area contributed by atoms with Gasteiger partial charge in [0.2, 0.25) is 0 Å². The quantitative estimate of drug-likeness (QED) is 0.593. The van der Waals surface area contributed by atoms with E-state index >= 15 is 0 Å². The van der Waals surface area contributed by atoms with Gasteiger partial charge in [-0.25, -0.2) is 4.99 Å². The Kier molecular flexibility index (Phi) is 5.35. The molecule has 0 unspecified atom stereocenters. The Morgan fingerprint density at radius 2 is 1.93 bits per heavy atom. The molecule has 1 amide bonds. The predicted octanol–water partition coefficient (Wildman–Crippen LogP) is 5.41. The van der Waals surface area contributed by atoms with Crippen molar-refractivity contribution in [1.82, 2.24) is 9.88 Å². The molecule has 1 aliphatic heterocycles. The second kappa shape index (κ2) is 8.07. The highest BCUT2D eigenvalue weighted by molar-refractivity contribution is 8.18. The summed E-state index contributed by atoms with van der Waals surface area (Å²) in [6.07, 6.45) is 7.48. The SMILES string of the molecule is CCCCc1ccc(N=C2NC(=O)/C(=C\c3cn(C)c4ccccc34)S2)cc1. The number of aliphatic imine (C=N–C) groups is 1. The number of carbonyl (C=O) groups is 1. The number of carbonyl (C=O) groups excluding carboxylic acids is 1. The fourth-order valence-electron chi connectivity index (χ4n) is 3.35. The van der Waals surface area contributed by atoms with Crippen molar-refractivity contribution in [3.63, 3.8) is 0 Å². The average Bonchev–Trinajstić information content (AvgIpc) is 3.21. The van der Waals surface area contributed by atoms with E-state index < -0.39 is 0 Å². The van der Waals surface area contributed by atoms with Crippen LogP contribution in [0.25, 0.3) is 17.0 Å². The Balaban J connectivity index is 1.55. The highest BCUT2D eigenvalue weighted by Gasteiger charge is 2.24. The molecule has 5 heteroatoms. The van der Waals surface area contributed by atoms with Crippen LogP contribution in [0.4, 0.5) is 5.69 Å². The molecule has 0 aliphatic carbocycles. The molecule has 1 saturated heterocycles. The lowest BCUT2D eigenvalue weighted by molar-refractivity contribution is -0.115. The van der Waals surface area contributed by atoms with Crippen molar-refractivity contribution in [2.75, 3.05) is 0 Å². The summed E-state index contributed by atoms with van der Waals surface area (Å²) in [6, 6.07) is 16.4. The number of benzene rings is 2. The molecule has 28 heavy (non-hydrogen) atoms. The maximum Gasteiger partial charge on any atom is 0.264 e. The van der Waals surface area contributed by atoms with Gasteiger partial charge in [-0.1, -0.05) is 43.7 Å². The number of amides is 1. The number of para-hydroxylation sites is 1. The van der Waals surface area contributed by atoms with Crippen LogP contribution >= 0.6 is 11.8 Å².